The normalized spacial score (nSPS) is 11.8. The number of rotatable bonds is 7. The molecule has 0 aliphatic carbocycles. The van der Waals surface area contributed by atoms with Crippen molar-refractivity contribution in [3.05, 3.63) is 231 Å². The van der Waals surface area contributed by atoms with Crippen LogP contribution in [-0.2, 0) is 0 Å². The number of benzene rings is 10. The Morgan fingerprint density at radius 3 is 1.61 bits per heavy atom. The van der Waals surface area contributed by atoms with Crippen LogP contribution in [0.5, 0.6) is 0 Å². The fourth-order valence-corrected chi connectivity index (χ4v) is 10.2. The van der Waals surface area contributed by atoms with E-state index in [0.29, 0.717) is 17.5 Å². The number of fused-ring (bicyclic) bond motifs is 9. The fourth-order valence-electron chi connectivity index (χ4n) is 10.2. The van der Waals surface area contributed by atoms with Crippen molar-refractivity contribution in [2.45, 2.75) is 0 Å². The first-order valence-electron chi connectivity index (χ1n) is 23.2. The molecule has 6 heteroatoms. The summed E-state index contributed by atoms with van der Waals surface area (Å²) < 4.78 is 15.8. The SMILES string of the molecule is c1ccc(-c2ccc(-c3nc(-c4ccccc4)nc(-c4cccc5oc6ccc(-c7ccc8c(c7)oc7c(-n9c%10ccccc%10c%10cc(-c%11ccccc%11)ccc%109)cccc78)cc6c45)n3)cc2)cc1. The Kier molecular flexibility index (Phi) is 8.79. The minimum absolute atomic E-state index is 0.573. The summed E-state index contributed by atoms with van der Waals surface area (Å²) in [4.78, 5) is 15.3. The molecule has 0 aliphatic heterocycles. The molecule has 0 spiro atoms. The van der Waals surface area contributed by atoms with Crippen molar-refractivity contribution >= 4 is 65.7 Å². The highest BCUT2D eigenvalue weighted by molar-refractivity contribution is 6.15. The lowest BCUT2D eigenvalue weighted by Gasteiger charge is -2.10. The Labute approximate surface area is 396 Å². The summed E-state index contributed by atoms with van der Waals surface area (Å²) in [6.45, 7) is 0. The molecule has 69 heavy (non-hydrogen) atoms. The third-order valence-electron chi connectivity index (χ3n) is 13.5. The second-order valence-corrected chi connectivity index (χ2v) is 17.5. The highest BCUT2D eigenvalue weighted by Crippen LogP contribution is 2.42. The van der Waals surface area contributed by atoms with Crippen molar-refractivity contribution in [2.24, 2.45) is 0 Å². The van der Waals surface area contributed by atoms with Crippen LogP contribution in [0.2, 0.25) is 0 Å². The van der Waals surface area contributed by atoms with E-state index in [9.17, 15) is 0 Å². The molecule has 14 rings (SSSR count). The Bertz CT molecular complexity index is 4290. The summed E-state index contributed by atoms with van der Waals surface area (Å²) in [6.07, 6.45) is 0. The molecule has 0 amide bonds. The Morgan fingerprint density at radius 2 is 0.826 bits per heavy atom. The van der Waals surface area contributed by atoms with E-state index in [2.05, 4.69) is 187 Å². The van der Waals surface area contributed by atoms with Gasteiger partial charge in [0.05, 0.1) is 16.7 Å². The van der Waals surface area contributed by atoms with Gasteiger partial charge in [0.25, 0.3) is 0 Å². The number of para-hydroxylation sites is 2. The van der Waals surface area contributed by atoms with E-state index < -0.39 is 0 Å². The van der Waals surface area contributed by atoms with Crippen molar-refractivity contribution in [1.82, 2.24) is 19.5 Å². The monoisotopic (exact) mass is 882 g/mol. The molecule has 0 saturated carbocycles. The predicted octanol–water partition coefficient (Wildman–Crippen LogP) is 16.8. The first-order chi connectivity index (χ1) is 34.2. The molecule has 10 aromatic carbocycles. The van der Waals surface area contributed by atoms with Gasteiger partial charge in [-0.2, -0.15) is 0 Å². The quantitative estimate of drug-likeness (QED) is 0.159. The van der Waals surface area contributed by atoms with Crippen LogP contribution in [0.3, 0.4) is 0 Å². The van der Waals surface area contributed by atoms with Gasteiger partial charge in [0.2, 0.25) is 0 Å². The largest absolute Gasteiger partial charge is 0.456 e. The lowest BCUT2D eigenvalue weighted by molar-refractivity contribution is 0.666. The van der Waals surface area contributed by atoms with Crippen LogP contribution in [-0.4, -0.2) is 19.5 Å². The maximum absolute atomic E-state index is 6.94. The molecule has 6 nitrogen and oxygen atoms in total. The summed E-state index contributed by atoms with van der Waals surface area (Å²) >= 11 is 0. The van der Waals surface area contributed by atoms with Crippen LogP contribution in [0.15, 0.2) is 239 Å². The lowest BCUT2D eigenvalue weighted by Crippen LogP contribution is -2.00. The molecule has 14 aromatic rings. The van der Waals surface area contributed by atoms with Gasteiger partial charge in [0, 0.05) is 49.0 Å². The minimum atomic E-state index is 0.573. The number of hydrogen-bond acceptors (Lipinski definition) is 5. The smallest absolute Gasteiger partial charge is 0.164 e. The molecule has 0 atom stereocenters. The van der Waals surface area contributed by atoms with Gasteiger partial charge in [-0.25, -0.2) is 15.0 Å². The maximum atomic E-state index is 6.94. The third kappa shape index (κ3) is 6.45. The van der Waals surface area contributed by atoms with Crippen LogP contribution in [0.1, 0.15) is 0 Å². The first-order valence-corrected chi connectivity index (χ1v) is 23.2. The van der Waals surface area contributed by atoms with Crippen LogP contribution in [0, 0.1) is 0 Å². The summed E-state index contributed by atoms with van der Waals surface area (Å²) in [5.74, 6) is 1.77. The summed E-state index contributed by atoms with van der Waals surface area (Å²) in [6, 6.07) is 80.3. The highest BCUT2D eigenvalue weighted by Gasteiger charge is 2.21. The van der Waals surface area contributed by atoms with Crippen molar-refractivity contribution in [2.75, 3.05) is 0 Å². The molecule has 0 N–H and O–H groups in total. The van der Waals surface area contributed by atoms with Crippen molar-refractivity contribution < 1.29 is 8.83 Å². The molecule has 0 radical (unpaired) electrons. The zero-order valence-electron chi connectivity index (χ0n) is 37.0. The molecule has 0 bridgehead atoms. The van der Waals surface area contributed by atoms with E-state index >= 15 is 0 Å². The summed E-state index contributed by atoms with van der Waals surface area (Å²) in [5, 5.41) is 6.46. The fraction of sp³-hybridized carbons (Fsp3) is 0. The van der Waals surface area contributed by atoms with E-state index in [1.165, 1.54) is 21.9 Å². The van der Waals surface area contributed by atoms with Gasteiger partial charge in [-0.15, -0.1) is 0 Å². The molecule has 0 saturated heterocycles. The van der Waals surface area contributed by atoms with Gasteiger partial charge in [-0.1, -0.05) is 176 Å². The van der Waals surface area contributed by atoms with Crippen LogP contribution < -0.4 is 0 Å². The Hall–Kier alpha value is -9.39. The Balaban J connectivity index is 0.883. The number of hydrogen-bond donors (Lipinski definition) is 0. The zero-order chi connectivity index (χ0) is 45.4. The molecule has 4 heterocycles. The van der Waals surface area contributed by atoms with Gasteiger partial charge in [0.1, 0.15) is 16.7 Å². The second-order valence-electron chi connectivity index (χ2n) is 17.5. The second kappa shape index (κ2) is 15.6. The van der Waals surface area contributed by atoms with E-state index in [1.54, 1.807) is 0 Å². The highest BCUT2D eigenvalue weighted by atomic mass is 16.3. The van der Waals surface area contributed by atoms with E-state index in [0.717, 1.165) is 99.5 Å². The van der Waals surface area contributed by atoms with E-state index in [4.69, 9.17) is 23.8 Å². The molecule has 0 aliphatic rings. The van der Waals surface area contributed by atoms with Crippen molar-refractivity contribution in [1.29, 1.82) is 0 Å². The number of furan rings is 2. The van der Waals surface area contributed by atoms with Gasteiger partial charge in [0.15, 0.2) is 23.1 Å². The van der Waals surface area contributed by atoms with Gasteiger partial charge < -0.3 is 13.4 Å². The number of nitrogens with zero attached hydrogens (tertiary/aromatic N) is 4. The van der Waals surface area contributed by atoms with Crippen LogP contribution in [0.4, 0.5) is 0 Å². The Morgan fingerprint density at radius 1 is 0.290 bits per heavy atom. The molecular weight excluding hydrogens is 845 g/mol. The van der Waals surface area contributed by atoms with Gasteiger partial charge in [-0.05, 0) is 88.0 Å². The lowest BCUT2D eigenvalue weighted by atomic mass is 9.99. The van der Waals surface area contributed by atoms with E-state index in [-0.39, 0.29) is 0 Å². The third-order valence-corrected chi connectivity index (χ3v) is 13.5. The van der Waals surface area contributed by atoms with Crippen molar-refractivity contribution in [3.63, 3.8) is 0 Å². The molecule has 322 valence electrons. The van der Waals surface area contributed by atoms with E-state index in [1.807, 2.05) is 48.5 Å². The van der Waals surface area contributed by atoms with Crippen molar-refractivity contribution in [3.8, 4) is 73.2 Å². The van der Waals surface area contributed by atoms with Gasteiger partial charge in [-0.3, -0.25) is 0 Å². The molecule has 0 fully saturated rings. The molecule has 0 unspecified atom stereocenters. The van der Waals surface area contributed by atoms with Crippen LogP contribution >= 0.6 is 0 Å². The predicted molar refractivity (Wildman–Crippen MR) is 281 cm³/mol. The topological polar surface area (TPSA) is 69.9 Å². The average molecular weight is 883 g/mol. The standard InChI is InChI=1S/C63H38N4O2/c1-4-14-39(15-5-1)41-26-28-43(29-27-41)62-64-61(42-18-8-3-9-19-42)65-63(66-62)50-22-13-25-57-59(50)52-37-45(32-35-56(52)68-57)46-30-33-48-49-21-12-24-55(60(49)69-58(48)38-46)67-53-23-11-10-20-47(53)51-36-44(31-34-54(51)67)40-16-6-2-7-17-40/h1-38H. The maximum Gasteiger partial charge on any atom is 0.164 e. The first kappa shape index (κ1) is 38.8. The molecule has 4 aromatic heterocycles. The zero-order valence-corrected chi connectivity index (χ0v) is 37.0. The van der Waals surface area contributed by atoms with Gasteiger partial charge >= 0.3 is 0 Å². The number of aromatic nitrogens is 4. The van der Waals surface area contributed by atoms with Crippen LogP contribution in [0.25, 0.3) is 139 Å². The summed E-state index contributed by atoms with van der Waals surface area (Å²) in [7, 11) is 0. The molecular formula is C63H38N4O2. The summed E-state index contributed by atoms with van der Waals surface area (Å²) in [5.41, 5.74) is 15.9. The minimum Gasteiger partial charge on any atom is -0.456 e. The average Bonchev–Trinajstić information content (AvgIpc) is 4.10.